The first kappa shape index (κ1) is 32.8. The van der Waals surface area contributed by atoms with Gasteiger partial charge in [-0.1, -0.05) is 56.6 Å². The Morgan fingerprint density at radius 2 is 1.57 bits per heavy atom. The van der Waals surface area contributed by atoms with E-state index in [1.54, 1.807) is 48.5 Å². The molecule has 0 spiro atoms. The summed E-state index contributed by atoms with van der Waals surface area (Å²) in [7, 11) is -1.35. The molecule has 2 amide bonds. The summed E-state index contributed by atoms with van der Waals surface area (Å²) < 4.78 is 39.8. The summed E-state index contributed by atoms with van der Waals surface area (Å²) in [6.07, 6.45) is 0.323. The maximum Gasteiger partial charge on any atom is 0.264 e. The van der Waals surface area contributed by atoms with Gasteiger partial charge in [0.05, 0.1) is 24.8 Å². The highest BCUT2D eigenvalue weighted by molar-refractivity contribution is 7.92. The Hall–Kier alpha value is -3.76. The van der Waals surface area contributed by atoms with E-state index in [0.717, 1.165) is 9.87 Å². The van der Waals surface area contributed by atoms with Crippen LogP contribution in [0, 0.1) is 5.92 Å². The Kier molecular flexibility index (Phi) is 11.6. The van der Waals surface area contributed by atoms with Crippen LogP contribution in [0.5, 0.6) is 11.5 Å². The molecule has 0 fully saturated rings. The summed E-state index contributed by atoms with van der Waals surface area (Å²) in [5.74, 6) is 0.104. The molecule has 3 rings (SSSR count). The number of ether oxygens (including phenoxy) is 2. The third-order valence-electron chi connectivity index (χ3n) is 6.62. The van der Waals surface area contributed by atoms with Crippen molar-refractivity contribution < 1.29 is 27.5 Å². The third-order valence-corrected chi connectivity index (χ3v) is 8.64. The molecule has 226 valence electrons. The number of halogens is 1. The number of rotatable bonds is 14. The van der Waals surface area contributed by atoms with Crippen molar-refractivity contribution in [3.63, 3.8) is 0 Å². The van der Waals surface area contributed by atoms with E-state index in [9.17, 15) is 18.0 Å². The van der Waals surface area contributed by atoms with Gasteiger partial charge in [0, 0.05) is 18.1 Å². The molecule has 0 heterocycles. The van der Waals surface area contributed by atoms with Crippen LogP contribution in [0.1, 0.15) is 32.8 Å². The minimum atomic E-state index is -4.26. The smallest absolute Gasteiger partial charge is 0.264 e. The van der Waals surface area contributed by atoms with Gasteiger partial charge in [-0.15, -0.1) is 0 Å². The number of benzene rings is 3. The standard InChI is InChI=1S/C31H38ClN3O6S/c1-6-27(31(37)33-19-22(2)3)34(20-23-11-13-24(32)14-12-23)30(36)21-35(28-9-7-8-10-29(28)41-5)42(38,39)26-17-15-25(40-4)16-18-26/h7-18,22,27H,6,19-21H2,1-5H3,(H,33,37). The molecule has 0 bridgehead atoms. The van der Waals surface area contributed by atoms with E-state index < -0.39 is 28.5 Å². The number of hydrogen-bond donors (Lipinski definition) is 1. The Morgan fingerprint density at radius 3 is 2.14 bits per heavy atom. The number of carbonyl (C=O) groups is 2. The molecule has 0 aliphatic heterocycles. The van der Waals surface area contributed by atoms with Crippen molar-refractivity contribution >= 4 is 39.1 Å². The fourth-order valence-electron chi connectivity index (χ4n) is 4.35. The molecular weight excluding hydrogens is 578 g/mol. The van der Waals surface area contributed by atoms with Crippen molar-refractivity contribution in [1.82, 2.24) is 10.2 Å². The van der Waals surface area contributed by atoms with E-state index in [1.165, 1.54) is 43.4 Å². The Balaban J connectivity index is 2.08. The molecule has 42 heavy (non-hydrogen) atoms. The molecule has 0 saturated heterocycles. The lowest BCUT2D eigenvalue weighted by Crippen LogP contribution is -2.52. The van der Waals surface area contributed by atoms with E-state index in [2.05, 4.69) is 5.32 Å². The Bertz CT molecular complexity index is 1450. The zero-order valence-corrected chi connectivity index (χ0v) is 26.1. The number of methoxy groups -OCH3 is 2. The lowest BCUT2D eigenvalue weighted by molar-refractivity contribution is -0.140. The highest BCUT2D eigenvalue weighted by Crippen LogP contribution is 2.33. The molecule has 0 aliphatic carbocycles. The molecule has 3 aromatic carbocycles. The van der Waals surface area contributed by atoms with Crippen molar-refractivity contribution in [2.24, 2.45) is 5.92 Å². The molecule has 1 unspecified atom stereocenters. The minimum Gasteiger partial charge on any atom is -0.497 e. The second-order valence-corrected chi connectivity index (χ2v) is 12.4. The second kappa shape index (κ2) is 14.9. The van der Waals surface area contributed by atoms with Gasteiger partial charge in [-0.3, -0.25) is 13.9 Å². The van der Waals surface area contributed by atoms with Crippen LogP contribution in [0.3, 0.4) is 0 Å². The Morgan fingerprint density at radius 1 is 0.929 bits per heavy atom. The molecule has 1 atom stereocenters. The minimum absolute atomic E-state index is 0.0343. The summed E-state index contributed by atoms with van der Waals surface area (Å²) in [4.78, 5) is 28.9. The molecular formula is C31H38ClN3O6S. The fourth-order valence-corrected chi connectivity index (χ4v) is 5.90. The molecule has 0 saturated carbocycles. The summed E-state index contributed by atoms with van der Waals surface area (Å²) in [5, 5.41) is 3.45. The number of amides is 2. The van der Waals surface area contributed by atoms with Crippen LogP contribution in [-0.4, -0.2) is 58.5 Å². The first-order valence-corrected chi connectivity index (χ1v) is 15.4. The summed E-state index contributed by atoms with van der Waals surface area (Å²) in [6.45, 7) is 5.72. The molecule has 11 heteroatoms. The normalized spacial score (nSPS) is 12.0. The molecule has 0 aromatic heterocycles. The highest BCUT2D eigenvalue weighted by atomic mass is 35.5. The molecule has 1 N–H and O–H groups in total. The average Bonchev–Trinajstić information content (AvgIpc) is 2.99. The SMILES string of the molecule is CCC(C(=O)NCC(C)C)N(Cc1ccc(Cl)cc1)C(=O)CN(c1ccccc1OC)S(=O)(=O)c1ccc(OC)cc1. The van der Waals surface area contributed by atoms with Gasteiger partial charge in [-0.05, 0) is 66.4 Å². The maximum atomic E-state index is 14.2. The largest absolute Gasteiger partial charge is 0.497 e. The van der Waals surface area contributed by atoms with Crippen molar-refractivity contribution in [3.05, 3.63) is 83.4 Å². The average molecular weight is 616 g/mol. The number of hydrogen-bond acceptors (Lipinski definition) is 6. The first-order valence-electron chi connectivity index (χ1n) is 13.6. The summed E-state index contributed by atoms with van der Waals surface area (Å²) >= 11 is 6.08. The highest BCUT2D eigenvalue weighted by Gasteiger charge is 2.34. The van der Waals surface area contributed by atoms with Gasteiger partial charge in [0.25, 0.3) is 10.0 Å². The summed E-state index contributed by atoms with van der Waals surface area (Å²) in [5.41, 5.74) is 0.928. The van der Waals surface area contributed by atoms with E-state index >= 15 is 0 Å². The molecule has 3 aromatic rings. The quantitative estimate of drug-likeness (QED) is 0.270. The topological polar surface area (TPSA) is 105 Å². The molecule has 0 radical (unpaired) electrons. The molecule has 0 aliphatic rings. The van der Waals surface area contributed by atoms with Gasteiger partial charge in [-0.25, -0.2) is 8.42 Å². The van der Waals surface area contributed by atoms with Crippen LogP contribution >= 0.6 is 11.6 Å². The number of para-hydroxylation sites is 2. The monoisotopic (exact) mass is 615 g/mol. The van der Waals surface area contributed by atoms with Crippen LogP contribution in [0.4, 0.5) is 5.69 Å². The molecule has 9 nitrogen and oxygen atoms in total. The number of anilines is 1. The maximum absolute atomic E-state index is 14.2. The Labute approximate surface area is 253 Å². The predicted molar refractivity (Wildman–Crippen MR) is 164 cm³/mol. The number of sulfonamides is 1. The van der Waals surface area contributed by atoms with Crippen LogP contribution in [-0.2, 0) is 26.2 Å². The van der Waals surface area contributed by atoms with Gasteiger partial charge >= 0.3 is 0 Å². The van der Waals surface area contributed by atoms with Crippen LogP contribution in [0.15, 0.2) is 77.7 Å². The second-order valence-electron chi connectivity index (χ2n) is 10.1. The predicted octanol–water partition coefficient (Wildman–Crippen LogP) is 5.13. The van der Waals surface area contributed by atoms with E-state index in [-0.39, 0.29) is 34.7 Å². The van der Waals surface area contributed by atoms with Gasteiger partial charge in [0.1, 0.15) is 24.1 Å². The van der Waals surface area contributed by atoms with Gasteiger partial charge in [0.15, 0.2) is 0 Å². The number of nitrogens with one attached hydrogen (secondary N) is 1. The fraction of sp³-hybridized carbons (Fsp3) is 0.355. The number of nitrogens with zero attached hydrogens (tertiary/aromatic N) is 2. The van der Waals surface area contributed by atoms with Crippen molar-refractivity contribution in [2.75, 3.05) is 31.6 Å². The number of carbonyl (C=O) groups excluding carboxylic acids is 2. The zero-order valence-electron chi connectivity index (χ0n) is 24.5. The first-order chi connectivity index (χ1) is 20.0. The van der Waals surface area contributed by atoms with E-state index in [4.69, 9.17) is 21.1 Å². The van der Waals surface area contributed by atoms with Gasteiger partial charge < -0.3 is 19.7 Å². The summed E-state index contributed by atoms with van der Waals surface area (Å²) in [6, 6.07) is 18.6. The van der Waals surface area contributed by atoms with Crippen molar-refractivity contribution in [1.29, 1.82) is 0 Å². The van der Waals surface area contributed by atoms with Crippen LogP contribution in [0.25, 0.3) is 0 Å². The lowest BCUT2D eigenvalue weighted by Gasteiger charge is -2.33. The van der Waals surface area contributed by atoms with E-state index in [1.807, 2.05) is 20.8 Å². The van der Waals surface area contributed by atoms with Crippen LogP contribution < -0.4 is 19.1 Å². The van der Waals surface area contributed by atoms with Crippen LogP contribution in [0.2, 0.25) is 5.02 Å². The van der Waals surface area contributed by atoms with E-state index in [0.29, 0.717) is 23.7 Å². The van der Waals surface area contributed by atoms with Gasteiger partial charge in [-0.2, -0.15) is 0 Å². The van der Waals surface area contributed by atoms with Gasteiger partial charge in [0.2, 0.25) is 11.8 Å². The van der Waals surface area contributed by atoms with Crippen molar-refractivity contribution in [2.45, 2.75) is 44.7 Å². The lowest BCUT2D eigenvalue weighted by atomic mass is 10.1. The van der Waals surface area contributed by atoms with Crippen molar-refractivity contribution in [3.8, 4) is 11.5 Å². The zero-order chi connectivity index (χ0) is 30.9. The third kappa shape index (κ3) is 8.17.